The number of carbonyl (C=O) groups excluding carboxylic acids is 1. The molecule has 1 rings (SSSR count). The fourth-order valence-electron chi connectivity index (χ4n) is 2.08. The third-order valence-electron chi connectivity index (χ3n) is 3.05. The molecular formula is C15H24N2O. The normalized spacial score (nSPS) is 12.2. The standard InChI is InChI=1S/C15H24N2O/c1-5-16-9-8-15(18)17-13(4)14-7-6-11(2)10-12(14)3/h6-7,10,13,16H,5,8-9H2,1-4H3,(H,17,18). The highest BCUT2D eigenvalue weighted by Gasteiger charge is 2.11. The van der Waals surface area contributed by atoms with Crippen LogP contribution in [-0.4, -0.2) is 19.0 Å². The van der Waals surface area contributed by atoms with Crippen molar-refractivity contribution in [1.29, 1.82) is 0 Å². The van der Waals surface area contributed by atoms with Crippen LogP contribution in [0.1, 0.15) is 43.0 Å². The molecule has 0 bridgehead atoms. The predicted octanol–water partition coefficient (Wildman–Crippen LogP) is 2.48. The number of hydrogen-bond donors (Lipinski definition) is 2. The van der Waals surface area contributed by atoms with Crippen molar-refractivity contribution in [1.82, 2.24) is 10.6 Å². The van der Waals surface area contributed by atoms with Crippen molar-refractivity contribution >= 4 is 5.91 Å². The molecule has 1 aromatic rings. The van der Waals surface area contributed by atoms with Gasteiger partial charge in [-0.1, -0.05) is 30.7 Å². The summed E-state index contributed by atoms with van der Waals surface area (Å²) in [6, 6.07) is 6.40. The van der Waals surface area contributed by atoms with Crippen molar-refractivity contribution < 1.29 is 4.79 Å². The van der Waals surface area contributed by atoms with Gasteiger partial charge >= 0.3 is 0 Å². The molecule has 1 amide bonds. The Bertz CT molecular complexity index is 401. The molecule has 0 spiro atoms. The van der Waals surface area contributed by atoms with Gasteiger partial charge in [0.2, 0.25) is 5.91 Å². The Morgan fingerprint density at radius 2 is 2.06 bits per heavy atom. The van der Waals surface area contributed by atoms with Crippen LogP contribution in [0.25, 0.3) is 0 Å². The van der Waals surface area contributed by atoms with E-state index in [4.69, 9.17) is 0 Å². The molecule has 0 saturated carbocycles. The zero-order valence-electron chi connectivity index (χ0n) is 11.8. The number of aryl methyl sites for hydroxylation is 2. The van der Waals surface area contributed by atoms with Gasteiger partial charge in [0, 0.05) is 13.0 Å². The Kier molecular flexibility index (Phi) is 5.86. The Balaban J connectivity index is 2.54. The number of hydrogen-bond acceptors (Lipinski definition) is 2. The SMILES string of the molecule is CCNCCC(=O)NC(C)c1ccc(C)cc1C. The molecule has 0 fully saturated rings. The molecule has 0 heterocycles. The molecule has 18 heavy (non-hydrogen) atoms. The minimum absolute atomic E-state index is 0.0692. The molecule has 0 aromatic heterocycles. The van der Waals surface area contributed by atoms with E-state index in [0.29, 0.717) is 6.42 Å². The minimum atomic E-state index is 0.0692. The van der Waals surface area contributed by atoms with E-state index in [1.807, 2.05) is 13.8 Å². The van der Waals surface area contributed by atoms with Gasteiger partial charge in [-0.05, 0) is 38.4 Å². The van der Waals surface area contributed by atoms with E-state index in [1.54, 1.807) is 0 Å². The molecule has 0 saturated heterocycles. The summed E-state index contributed by atoms with van der Waals surface area (Å²) in [6.45, 7) is 9.88. The van der Waals surface area contributed by atoms with E-state index in [1.165, 1.54) is 16.7 Å². The van der Waals surface area contributed by atoms with E-state index in [9.17, 15) is 4.79 Å². The molecule has 0 aliphatic rings. The Morgan fingerprint density at radius 3 is 2.67 bits per heavy atom. The second kappa shape index (κ2) is 7.17. The monoisotopic (exact) mass is 248 g/mol. The maximum Gasteiger partial charge on any atom is 0.221 e. The third-order valence-corrected chi connectivity index (χ3v) is 3.05. The lowest BCUT2D eigenvalue weighted by Gasteiger charge is -2.17. The highest BCUT2D eigenvalue weighted by Crippen LogP contribution is 2.18. The molecular weight excluding hydrogens is 224 g/mol. The van der Waals surface area contributed by atoms with Crippen LogP contribution in [0.4, 0.5) is 0 Å². The van der Waals surface area contributed by atoms with Crippen molar-refractivity contribution in [2.45, 2.75) is 40.2 Å². The maximum absolute atomic E-state index is 11.7. The van der Waals surface area contributed by atoms with Crippen LogP contribution in [0.3, 0.4) is 0 Å². The van der Waals surface area contributed by atoms with Crippen molar-refractivity contribution in [3.63, 3.8) is 0 Å². The number of nitrogens with one attached hydrogen (secondary N) is 2. The summed E-state index contributed by atoms with van der Waals surface area (Å²) in [5.74, 6) is 0.100. The average molecular weight is 248 g/mol. The Labute approximate surface area is 110 Å². The fourth-order valence-corrected chi connectivity index (χ4v) is 2.08. The van der Waals surface area contributed by atoms with E-state index >= 15 is 0 Å². The van der Waals surface area contributed by atoms with Crippen LogP contribution in [-0.2, 0) is 4.79 Å². The molecule has 0 aliphatic heterocycles. The van der Waals surface area contributed by atoms with E-state index in [-0.39, 0.29) is 11.9 Å². The van der Waals surface area contributed by atoms with Crippen molar-refractivity contribution in [2.24, 2.45) is 0 Å². The molecule has 0 aliphatic carbocycles. The Morgan fingerprint density at radius 1 is 1.33 bits per heavy atom. The van der Waals surface area contributed by atoms with Gasteiger partial charge in [0.15, 0.2) is 0 Å². The molecule has 0 radical (unpaired) electrons. The third kappa shape index (κ3) is 4.49. The molecule has 1 unspecified atom stereocenters. The van der Waals surface area contributed by atoms with Gasteiger partial charge in [0.25, 0.3) is 0 Å². The van der Waals surface area contributed by atoms with Gasteiger partial charge in [-0.2, -0.15) is 0 Å². The zero-order valence-corrected chi connectivity index (χ0v) is 11.8. The largest absolute Gasteiger partial charge is 0.350 e. The lowest BCUT2D eigenvalue weighted by atomic mass is 10.0. The quantitative estimate of drug-likeness (QED) is 0.759. The van der Waals surface area contributed by atoms with Crippen LogP contribution in [0, 0.1) is 13.8 Å². The van der Waals surface area contributed by atoms with Gasteiger partial charge in [0.05, 0.1) is 6.04 Å². The van der Waals surface area contributed by atoms with Crippen LogP contribution in [0.5, 0.6) is 0 Å². The topological polar surface area (TPSA) is 41.1 Å². The van der Waals surface area contributed by atoms with Crippen LogP contribution < -0.4 is 10.6 Å². The first-order valence-electron chi connectivity index (χ1n) is 6.61. The van der Waals surface area contributed by atoms with Crippen LogP contribution in [0.2, 0.25) is 0 Å². The van der Waals surface area contributed by atoms with Crippen LogP contribution >= 0.6 is 0 Å². The maximum atomic E-state index is 11.7. The minimum Gasteiger partial charge on any atom is -0.350 e. The van der Waals surface area contributed by atoms with Gasteiger partial charge in [0.1, 0.15) is 0 Å². The summed E-state index contributed by atoms with van der Waals surface area (Å²) >= 11 is 0. The Hall–Kier alpha value is -1.35. The van der Waals surface area contributed by atoms with Crippen molar-refractivity contribution in [2.75, 3.05) is 13.1 Å². The molecule has 3 nitrogen and oxygen atoms in total. The number of amides is 1. The number of rotatable bonds is 6. The summed E-state index contributed by atoms with van der Waals surface area (Å²) in [5.41, 5.74) is 3.67. The second-order valence-electron chi connectivity index (χ2n) is 4.75. The summed E-state index contributed by atoms with van der Waals surface area (Å²) in [4.78, 5) is 11.7. The van der Waals surface area contributed by atoms with E-state index in [2.05, 4.69) is 42.7 Å². The lowest BCUT2D eigenvalue weighted by Crippen LogP contribution is -2.30. The predicted molar refractivity (Wildman–Crippen MR) is 75.6 cm³/mol. The molecule has 2 N–H and O–H groups in total. The van der Waals surface area contributed by atoms with Gasteiger partial charge in [-0.3, -0.25) is 4.79 Å². The number of carbonyl (C=O) groups is 1. The molecule has 100 valence electrons. The lowest BCUT2D eigenvalue weighted by molar-refractivity contribution is -0.121. The number of benzene rings is 1. The van der Waals surface area contributed by atoms with Gasteiger partial charge in [-0.25, -0.2) is 0 Å². The summed E-state index contributed by atoms with van der Waals surface area (Å²) < 4.78 is 0. The van der Waals surface area contributed by atoms with Crippen molar-refractivity contribution in [3.05, 3.63) is 34.9 Å². The summed E-state index contributed by atoms with van der Waals surface area (Å²) in [5, 5.41) is 6.19. The zero-order chi connectivity index (χ0) is 13.5. The van der Waals surface area contributed by atoms with Gasteiger partial charge < -0.3 is 10.6 Å². The van der Waals surface area contributed by atoms with Gasteiger partial charge in [-0.15, -0.1) is 0 Å². The van der Waals surface area contributed by atoms with Crippen LogP contribution in [0.15, 0.2) is 18.2 Å². The molecule has 1 atom stereocenters. The highest BCUT2D eigenvalue weighted by molar-refractivity contribution is 5.76. The first-order chi connectivity index (χ1) is 8.54. The first kappa shape index (κ1) is 14.7. The van der Waals surface area contributed by atoms with E-state index < -0.39 is 0 Å². The second-order valence-corrected chi connectivity index (χ2v) is 4.75. The summed E-state index contributed by atoms with van der Waals surface area (Å²) in [7, 11) is 0. The fraction of sp³-hybridized carbons (Fsp3) is 0.533. The average Bonchev–Trinajstić information content (AvgIpc) is 2.28. The summed E-state index contributed by atoms with van der Waals surface area (Å²) in [6.07, 6.45) is 0.531. The smallest absolute Gasteiger partial charge is 0.221 e. The molecule has 3 heteroatoms. The molecule has 1 aromatic carbocycles. The highest BCUT2D eigenvalue weighted by atomic mass is 16.1. The van der Waals surface area contributed by atoms with Crippen molar-refractivity contribution in [3.8, 4) is 0 Å². The first-order valence-corrected chi connectivity index (χ1v) is 6.61. The van der Waals surface area contributed by atoms with E-state index in [0.717, 1.165) is 13.1 Å².